The third-order valence-electron chi connectivity index (χ3n) is 5.11. The lowest BCUT2D eigenvalue weighted by Crippen LogP contribution is -2.22. The summed E-state index contributed by atoms with van der Waals surface area (Å²) >= 11 is 0. The third kappa shape index (κ3) is 6.95. The summed E-state index contributed by atoms with van der Waals surface area (Å²) in [5.41, 5.74) is 8.52. The highest BCUT2D eigenvalue weighted by Gasteiger charge is 2.08. The molecule has 0 saturated heterocycles. The monoisotopic (exact) mass is 435 g/mol. The van der Waals surface area contributed by atoms with Crippen molar-refractivity contribution in [1.29, 1.82) is 0 Å². The van der Waals surface area contributed by atoms with Gasteiger partial charge in [0.2, 0.25) is 0 Å². The molecule has 32 heavy (non-hydrogen) atoms. The van der Waals surface area contributed by atoms with E-state index in [1.54, 1.807) is 31.4 Å². The van der Waals surface area contributed by atoms with Gasteiger partial charge < -0.3 is 20.9 Å². The first-order chi connectivity index (χ1) is 15.5. The Kier molecular flexibility index (Phi) is 8.39. The number of nitrogens with zero attached hydrogens (tertiary/aromatic N) is 2. The number of benzene rings is 2. The molecule has 5 N–H and O–H groups in total. The van der Waals surface area contributed by atoms with Gasteiger partial charge in [-0.15, -0.1) is 0 Å². The van der Waals surface area contributed by atoms with Crippen molar-refractivity contribution < 1.29 is 14.6 Å². The van der Waals surface area contributed by atoms with Gasteiger partial charge in [-0.3, -0.25) is 5.32 Å². The number of carbonyl (C=O) groups is 1. The van der Waals surface area contributed by atoms with E-state index in [9.17, 15) is 4.79 Å². The molecule has 0 bridgehead atoms. The smallest absolute Gasteiger partial charge is 0.409 e. The maximum Gasteiger partial charge on any atom is 0.409 e. The SMILES string of the molecule is COc1ccccc1-c1cc(Nc2ccc(NC(=O)O)cc2)ncn1.NC1CCCCC1. The largest absolute Gasteiger partial charge is 0.496 e. The van der Waals surface area contributed by atoms with Gasteiger partial charge in [0.1, 0.15) is 17.9 Å². The molecule has 1 amide bonds. The first kappa shape index (κ1) is 23.0. The summed E-state index contributed by atoms with van der Waals surface area (Å²) in [6.07, 6.45) is 7.04. The Morgan fingerprint density at radius 3 is 2.34 bits per heavy atom. The number of hydrogen-bond donors (Lipinski definition) is 4. The van der Waals surface area contributed by atoms with Crippen LogP contribution in [0, 0.1) is 0 Å². The molecule has 1 fully saturated rings. The lowest BCUT2D eigenvalue weighted by atomic mass is 9.97. The van der Waals surface area contributed by atoms with Crippen LogP contribution in [0.1, 0.15) is 32.1 Å². The minimum absolute atomic E-state index is 0.496. The van der Waals surface area contributed by atoms with E-state index >= 15 is 0 Å². The number of rotatable bonds is 5. The molecule has 0 aliphatic heterocycles. The summed E-state index contributed by atoms with van der Waals surface area (Å²) < 4.78 is 5.37. The van der Waals surface area contributed by atoms with Gasteiger partial charge in [-0.25, -0.2) is 14.8 Å². The van der Waals surface area contributed by atoms with Crippen molar-refractivity contribution in [2.75, 3.05) is 17.7 Å². The highest BCUT2D eigenvalue weighted by molar-refractivity contribution is 5.83. The van der Waals surface area contributed by atoms with Crippen LogP contribution in [-0.2, 0) is 0 Å². The second-order valence-electron chi connectivity index (χ2n) is 7.52. The number of amides is 1. The summed E-state index contributed by atoms with van der Waals surface area (Å²) in [6, 6.07) is 16.8. The van der Waals surface area contributed by atoms with Gasteiger partial charge >= 0.3 is 6.09 Å². The Labute approximate surface area is 187 Å². The molecule has 1 aliphatic rings. The molecule has 0 unspecified atom stereocenters. The second-order valence-corrected chi connectivity index (χ2v) is 7.52. The highest BCUT2D eigenvalue weighted by Crippen LogP contribution is 2.29. The molecule has 1 saturated carbocycles. The van der Waals surface area contributed by atoms with Crippen LogP contribution in [0.15, 0.2) is 60.9 Å². The first-order valence-electron chi connectivity index (χ1n) is 10.6. The van der Waals surface area contributed by atoms with Gasteiger partial charge in [0.15, 0.2) is 0 Å². The van der Waals surface area contributed by atoms with E-state index in [0.29, 0.717) is 17.5 Å². The summed E-state index contributed by atoms with van der Waals surface area (Å²) in [5, 5.41) is 14.2. The normalized spacial score (nSPS) is 13.4. The number of nitrogens with one attached hydrogen (secondary N) is 2. The molecule has 0 atom stereocenters. The average molecular weight is 436 g/mol. The Hall–Kier alpha value is -3.65. The van der Waals surface area contributed by atoms with Crippen molar-refractivity contribution in [2.45, 2.75) is 38.1 Å². The molecule has 1 aromatic heterocycles. The zero-order valence-electron chi connectivity index (χ0n) is 18.1. The quantitative estimate of drug-likeness (QED) is 0.431. The fourth-order valence-electron chi connectivity index (χ4n) is 3.47. The van der Waals surface area contributed by atoms with E-state index in [-0.39, 0.29) is 0 Å². The van der Waals surface area contributed by atoms with Gasteiger partial charge in [0.05, 0.1) is 12.8 Å². The van der Waals surface area contributed by atoms with E-state index in [2.05, 4.69) is 20.6 Å². The number of aromatic nitrogens is 2. The number of anilines is 3. The van der Waals surface area contributed by atoms with Crippen LogP contribution < -0.4 is 21.1 Å². The van der Waals surface area contributed by atoms with Crippen LogP contribution in [-0.4, -0.2) is 34.3 Å². The van der Waals surface area contributed by atoms with Crippen LogP contribution in [0.25, 0.3) is 11.3 Å². The Bertz CT molecular complexity index is 1000. The van der Waals surface area contributed by atoms with Crippen molar-refractivity contribution in [3.05, 3.63) is 60.9 Å². The Balaban J connectivity index is 0.000000352. The van der Waals surface area contributed by atoms with E-state index in [0.717, 1.165) is 22.7 Å². The molecular weight excluding hydrogens is 406 g/mol. The number of hydrogen-bond acceptors (Lipinski definition) is 6. The molecule has 4 rings (SSSR count). The molecule has 1 heterocycles. The van der Waals surface area contributed by atoms with Crippen molar-refractivity contribution in [3.8, 4) is 17.0 Å². The van der Waals surface area contributed by atoms with Crippen LogP contribution in [0.4, 0.5) is 22.0 Å². The maximum absolute atomic E-state index is 10.6. The van der Waals surface area contributed by atoms with Crippen LogP contribution in [0.2, 0.25) is 0 Å². The predicted molar refractivity (Wildman–Crippen MR) is 126 cm³/mol. The van der Waals surface area contributed by atoms with Gasteiger partial charge in [-0.2, -0.15) is 0 Å². The fraction of sp³-hybridized carbons (Fsp3) is 0.292. The first-order valence-corrected chi connectivity index (χ1v) is 10.6. The van der Waals surface area contributed by atoms with Gasteiger partial charge in [-0.1, -0.05) is 31.4 Å². The molecule has 3 aromatic rings. The number of ether oxygens (including phenoxy) is 1. The molecule has 8 heteroatoms. The summed E-state index contributed by atoms with van der Waals surface area (Å²) in [7, 11) is 1.62. The van der Waals surface area contributed by atoms with E-state index in [1.807, 2.05) is 30.3 Å². The Morgan fingerprint density at radius 2 is 1.72 bits per heavy atom. The van der Waals surface area contributed by atoms with Gasteiger partial charge in [-0.05, 0) is 49.2 Å². The highest BCUT2D eigenvalue weighted by atomic mass is 16.5. The van der Waals surface area contributed by atoms with Gasteiger partial charge in [0, 0.05) is 29.0 Å². The maximum atomic E-state index is 10.6. The zero-order valence-corrected chi connectivity index (χ0v) is 18.1. The number of methoxy groups -OCH3 is 1. The molecule has 8 nitrogen and oxygen atoms in total. The molecule has 168 valence electrons. The molecule has 0 spiro atoms. The number of nitrogens with two attached hydrogens (primary N) is 1. The lowest BCUT2D eigenvalue weighted by molar-refractivity contribution is 0.209. The molecule has 0 radical (unpaired) electrons. The predicted octanol–water partition coefficient (Wildman–Crippen LogP) is 5.26. The minimum Gasteiger partial charge on any atom is -0.496 e. The summed E-state index contributed by atoms with van der Waals surface area (Å²) in [5.74, 6) is 1.35. The van der Waals surface area contributed by atoms with E-state index in [4.69, 9.17) is 15.6 Å². The standard InChI is InChI=1S/C18H16N4O3.C6H13N/c1-25-16-5-3-2-4-14(16)15-10-17(20-11-19-15)21-12-6-8-13(9-7-12)22-18(23)24;7-6-4-2-1-3-5-6/h2-11,22H,1H3,(H,23,24)(H,19,20,21);6H,1-5,7H2. The van der Waals surface area contributed by atoms with E-state index in [1.165, 1.54) is 38.4 Å². The second kappa shape index (κ2) is 11.7. The fourth-order valence-corrected chi connectivity index (χ4v) is 3.47. The lowest BCUT2D eigenvalue weighted by Gasteiger charge is -2.15. The number of para-hydroxylation sites is 1. The average Bonchev–Trinajstić information content (AvgIpc) is 2.81. The topological polar surface area (TPSA) is 122 Å². The number of carboxylic acid groups (broad SMARTS) is 1. The summed E-state index contributed by atoms with van der Waals surface area (Å²) in [6.45, 7) is 0. The van der Waals surface area contributed by atoms with Crippen molar-refractivity contribution in [3.63, 3.8) is 0 Å². The van der Waals surface area contributed by atoms with E-state index < -0.39 is 6.09 Å². The zero-order chi connectivity index (χ0) is 22.8. The van der Waals surface area contributed by atoms with Crippen molar-refractivity contribution >= 4 is 23.3 Å². The minimum atomic E-state index is -1.10. The Morgan fingerprint density at radius 1 is 1.03 bits per heavy atom. The summed E-state index contributed by atoms with van der Waals surface area (Å²) in [4.78, 5) is 19.1. The van der Waals surface area contributed by atoms with Gasteiger partial charge in [0.25, 0.3) is 0 Å². The van der Waals surface area contributed by atoms with Crippen LogP contribution >= 0.6 is 0 Å². The van der Waals surface area contributed by atoms with Crippen molar-refractivity contribution in [1.82, 2.24) is 9.97 Å². The molecule has 1 aliphatic carbocycles. The van der Waals surface area contributed by atoms with Crippen LogP contribution in [0.3, 0.4) is 0 Å². The van der Waals surface area contributed by atoms with Crippen molar-refractivity contribution in [2.24, 2.45) is 5.73 Å². The molecular formula is C24H29N5O3. The third-order valence-corrected chi connectivity index (χ3v) is 5.11. The van der Waals surface area contributed by atoms with Crippen LogP contribution in [0.5, 0.6) is 5.75 Å². The molecule has 2 aromatic carbocycles.